The number of carbonyl (C=O) groups is 3. The Labute approximate surface area is 164 Å². The predicted molar refractivity (Wildman–Crippen MR) is 109 cm³/mol. The molecule has 144 valence electrons. The third kappa shape index (κ3) is 4.46. The number of nitrogens with one attached hydrogen (secondary N) is 1. The minimum Gasteiger partial charge on any atom is -0.330 e. The molecule has 0 atom stereocenters. The molecule has 1 fully saturated rings. The van der Waals surface area contributed by atoms with Crippen molar-refractivity contribution in [2.24, 2.45) is 0 Å². The summed E-state index contributed by atoms with van der Waals surface area (Å²) in [4.78, 5) is 39.4. The van der Waals surface area contributed by atoms with Crippen LogP contribution in [0.1, 0.15) is 5.56 Å². The first-order valence-electron chi connectivity index (χ1n) is 9.13. The molecule has 0 aromatic heterocycles. The van der Waals surface area contributed by atoms with Crippen LogP contribution in [-0.2, 0) is 14.4 Å². The van der Waals surface area contributed by atoms with Crippen molar-refractivity contribution in [2.75, 3.05) is 31.5 Å². The summed E-state index contributed by atoms with van der Waals surface area (Å²) in [6, 6.07) is 15.7. The van der Waals surface area contributed by atoms with Crippen LogP contribution in [0.2, 0.25) is 0 Å². The fourth-order valence-corrected chi connectivity index (χ4v) is 3.18. The molecule has 1 N–H and O–H groups in total. The van der Waals surface area contributed by atoms with E-state index < -0.39 is 0 Å². The molecular formula is C22H23N3O3. The first-order valence-corrected chi connectivity index (χ1v) is 9.13. The van der Waals surface area contributed by atoms with Crippen molar-refractivity contribution in [1.29, 1.82) is 0 Å². The quantitative estimate of drug-likeness (QED) is 0.814. The molecule has 1 heterocycles. The van der Waals surface area contributed by atoms with Gasteiger partial charge >= 0.3 is 0 Å². The van der Waals surface area contributed by atoms with Crippen molar-refractivity contribution in [2.45, 2.75) is 6.92 Å². The van der Waals surface area contributed by atoms with E-state index in [-0.39, 0.29) is 30.8 Å². The summed E-state index contributed by atoms with van der Waals surface area (Å²) in [5.41, 5.74) is 3.74. The SMILES string of the molecule is C=CC(=O)N1CCN(CC(=O)Nc2ccc(C)cc2-c2ccccc2)C(=O)C1. The van der Waals surface area contributed by atoms with Crippen molar-refractivity contribution < 1.29 is 14.4 Å². The molecule has 0 aliphatic carbocycles. The predicted octanol–water partition coefficient (Wildman–Crippen LogP) is 2.46. The lowest BCUT2D eigenvalue weighted by Crippen LogP contribution is -2.53. The van der Waals surface area contributed by atoms with Crippen LogP contribution in [0.4, 0.5) is 5.69 Å². The smallest absolute Gasteiger partial charge is 0.246 e. The highest BCUT2D eigenvalue weighted by molar-refractivity contribution is 5.99. The number of aryl methyl sites for hydroxylation is 1. The number of carbonyl (C=O) groups excluding carboxylic acids is 3. The Balaban J connectivity index is 1.68. The Kier molecular flexibility index (Phi) is 5.89. The van der Waals surface area contributed by atoms with Gasteiger partial charge in [-0.3, -0.25) is 14.4 Å². The summed E-state index contributed by atoms with van der Waals surface area (Å²) >= 11 is 0. The first-order chi connectivity index (χ1) is 13.5. The normalized spacial score (nSPS) is 14.0. The second kappa shape index (κ2) is 8.52. The summed E-state index contributed by atoms with van der Waals surface area (Å²) in [6.45, 7) is 6.08. The standard InChI is InChI=1S/C22H23N3O3/c1-3-21(27)25-12-11-24(22(28)15-25)14-20(26)23-19-10-9-16(2)13-18(19)17-7-5-4-6-8-17/h3-10,13H,1,11-12,14-15H2,2H3,(H,23,26). The molecule has 1 aliphatic rings. The van der Waals surface area contributed by atoms with Crippen LogP contribution >= 0.6 is 0 Å². The molecule has 6 heteroatoms. The molecule has 2 aromatic carbocycles. The van der Waals surface area contributed by atoms with Crippen LogP contribution in [0, 0.1) is 6.92 Å². The molecule has 0 unspecified atom stereocenters. The molecule has 3 rings (SSSR count). The lowest BCUT2D eigenvalue weighted by atomic mass is 10.0. The maximum atomic E-state index is 12.6. The van der Waals surface area contributed by atoms with Gasteiger partial charge in [-0.1, -0.05) is 48.5 Å². The third-order valence-electron chi connectivity index (χ3n) is 4.67. The second-order valence-electron chi connectivity index (χ2n) is 6.74. The maximum Gasteiger partial charge on any atom is 0.246 e. The molecule has 3 amide bonds. The fourth-order valence-electron chi connectivity index (χ4n) is 3.18. The van der Waals surface area contributed by atoms with Crippen molar-refractivity contribution in [3.63, 3.8) is 0 Å². The molecule has 2 aromatic rings. The topological polar surface area (TPSA) is 69.7 Å². The summed E-state index contributed by atoms with van der Waals surface area (Å²) in [5, 5.41) is 2.92. The Bertz CT molecular complexity index is 908. The molecule has 0 radical (unpaired) electrons. The van der Waals surface area contributed by atoms with Crippen LogP contribution in [-0.4, -0.2) is 53.7 Å². The maximum absolute atomic E-state index is 12.6. The van der Waals surface area contributed by atoms with Crippen molar-refractivity contribution in [3.05, 3.63) is 66.7 Å². The van der Waals surface area contributed by atoms with Crippen molar-refractivity contribution in [3.8, 4) is 11.1 Å². The number of anilines is 1. The average Bonchev–Trinajstić information content (AvgIpc) is 2.71. The molecule has 1 aliphatic heterocycles. The van der Waals surface area contributed by atoms with E-state index in [1.54, 1.807) is 0 Å². The highest BCUT2D eigenvalue weighted by atomic mass is 16.2. The highest BCUT2D eigenvalue weighted by Gasteiger charge is 2.27. The highest BCUT2D eigenvalue weighted by Crippen LogP contribution is 2.29. The van der Waals surface area contributed by atoms with E-state index in [0.29, 0.717) is 18.8 Å². The van der Waals surface area contributed by atoms with E-state index in [2.05, 4.69) is 11.9 Å². The van der Waals surface area contributed by atoms with Crippen LogP contribution < -0.4 is 5.32 Å². The number of amides is 3. The lowest BCUT2D eigenvalue weighted by Gasteiger charge is -2.33. The van der Waals surface area contributed by atoms with Gasteiger partial charge in [-0.05, 0) is 30.7 Å². The second-order valence-corrected chi connectivity index (χ2v) is 6.74. The van der Waals surface area contributed by atoms with Gasteiger partial charge in [0.2, 0.25) is 17.7 Å². The number of rotatable bonds is 5. The van der Waals surface area contributed by atoms with Gasteiger partial charge < -0.3 is 15.1 Å². The monoisotopic (exact) mass is 377 g/mol. The first kappa shape index (κ1) is 19.4. The molecule has 0 saturated carbocycles. The Morgan fingerprint density at radius 1 is 1.14 bits per heavy atom. The zero-order valence-electron chi connectivity index (χ0n) is 15.9. The van der Waals surface area contributed by atoms with Gasteiger partial charge in [0.1, 0.15) is 6.54 Å². The largest absolute Gasteiger partial charge is 0.330 e. The zero-order chi connectivity index (χ0) is 20.1. The van der Waals surface area contributed by atoms with Crippen LogP contribution in [0.15, 0.2) is 61.2 Å². The Morgan fingerprint density at radius 2 is 1.89 bits per heavy atom. The summed E-state index contributed by atoms with van der Waals surface area (Å²) in [7, 11) is 0. The van der Waals surface area contributed by atoms with Gasteiger partial charge in [0.25, 0.3) is 0 Å². The Morgan fingerprint density at radius 3 is 2.57 bits per heavy atom. The fraction of sp³-hybridized carbons (Fsp3) is 0.227. The van der Waals surface area contributed by atoms with E-state index in [9.17, 15) is 14.4 Å². The number of hydrogen-bond acceptors (Lipinski definition) is 3. The van der Waals surface area contributed by atoms with Crippen LogP contribution in [0.5, 0.6) is 0 Å². The van der Waals surface area contributed by atoms with Crippen molar-refractivity contribution in [1.82, 2.24) is 9.80 Å². The number of benzene rings is 2. The minimum atomic E-state index is -0.274. The van der Waals surface area contributed by atoms with Gasteiger partial charge in [-0.15, -0.1) is 0 Å². The lowest BCUT2D eigenvalue weighted by molar-refractivity contribution is -0.144. The summed E-state index contributed by atoms with van der Waals surface area (Å²) < 4.78 is 0. The van der Waals surface area contributed by atoms with Gasteiger partial charge in [0.15, 0.2) is 0 Å². The molecule has 6 nitrogen and oxygen atoms in total. The van der Waals surface area contributed by atoms with Crippen LogP contribution in [0.25, 0.3) is 11.1 Å². The third-order valence-corrected chi connectivity index (χ3v) is 4.67. The summed E-state index contributed by atoms with van der Waals surface area (Å²) in [6.07, 6.45) is 1.19. The number of hydrogen-bond donors (Lipinski definition) is 1. The number of nitrogens with zero attached hydrogens (tertiary/aromatic N) is 2. The average molecular weight is 377 g/mol. The molecule has 0 bridgehead atoms. The Hall–Kier alpha value is -3.41. The van der Waals surface area contributed by atoms with E-state index >= 15 is 0 Å². The minimum absolute atomic E-state index is 0.0298. The van der Waals surface area contributed by atoms with Gasteiger partial charge in [0, 0.05) is 24.3 Å². The van der Waals surface area contributed by atoms with Gasteiger partial charge in [-0.25, -0.2) is 0 Å². The van der Waals surface area contributed by atoms with E-state index in [1.165, 1.54) is 15.9 Å². The van der Waals surface area contributed by atoms with E-state index in [1.807, 2.05) is 55.5 Å². The molecular weight excluding hydrogens is 354 g/mol. The van der Waals surface area contributed by atoms with Gasteiger partial charge in [-0.2, -0.15) is 0 Å². The molecule has 0 spiro atoms. The zero-order valence-corrected chi connectivity index (χ0v) is 15.9. The van der Waals surface area contributed by atoms with Gasteiger partial charge in [0.05, 0.1) is 6.54 Å². The van der Waals surface area contributed by atoms with Crippen molar-refractivity contribution >= 4 is 23.4 Å². The molecule has 28 heavy (non-hydrogen) atoms. The van der Waals surface area contributed by atoms with Crippen LogP contribution in [0.3, 0.4) is 0 Å². The molecule has 1 saturated heterocycles. The van der Waals surface area contributed by atoms with E-state index in [4.69, 9.17) is 0 Å². The summed E-state index contributed by atoms with van der Waals surface area (Å²) in [5.74, 6) is -0.786. The van der Waals surface area contributed by atoms with E-state index in [0.717, 1.165) is 16.7 Å². The number of piperazine rings is 1.